The summed E-state index contributed by atoms with van der Waals surface area (Å²) in [6.07, 6.45) is 1.52. The number of benzene rings is 1. The van der Waals surface area contributed by atoms with E-state index in [1.54, 1.807) is 12.1 Å². The van der Waals surface area contributed by atoms with Crippen molar-refractivity contribution in [3.63, 3.8) is 0 Å². The fourth-order valence-corrected chi connectivity index (χ4v) is 3.75. The molecule has 0 N–H and O–H groups in total. The molecule has 0 bridgehead atoms. The van der Waals surface area contributed by atoms with Crippen LogP contribution in [0.25, 0.3) is 0 Å². The van der Waals surface area contributed by atoms with E-state index in [0.717, 1.165) is 5.57 Å². The van der Waals surface area contributed by atoms with Gasteiger partial charge in [-0.1, -0.05) is 17.2 Å². The average Bonchev–Trinajstić information content (AvgIpc) is 2.25. The number of rotatable bonds is 3. The highest BCUT2D eigenvalue weighted by atomic mass is 35.5. The largest absolute Gasteiger partial charge is 0.336 e. The minimum absolute atomic E-state index is 0.132. The first-order valence-electron chi connectivity index (χ1n) is 6.24. The zero-order valence-electron chi connectivity index (χ0n) is 11.3. The van der Waals surface area contributed by atoms with Crippen molar-refractivity contribution in [2.45, 2.75) is 24.0 Å². The SMILES string of the molecule is CC(C)=CC(=O)N1CC(S(=O)(=O)c2ccc(Cl)cc2)C1. The molecule has 1 aliphatic heterocycles. The van der Waals surface area contributed by atoms with E-state index in [-0.39, 0.29) is 23.9 Å². The number of likely N-dealkylation sites (tertiary alicyclic amines) is 1. The maximum absolute atomic E-state index is 12.3. The summed E-state index contributed by atoms with van der Waals surface area (Å²) < 4.78 is 24.6. The van der Waals surface area contributed by atoms with Gasteiger partial charge >= 0.3 is 0 Å². The number of carbonyl (C=O) groups excluding carboxylic acids is 1. The molecule has 0 saturated carbocycles. The Morgan fingerprint density at radius 3 is 2.30 bits per heavy atom. The minimum atomic E-state index is -3.39. The van der Waals surface area contributed by atoms with Gasteiger partial charge in [-0.3, -0.25) is 4.79 Å². The lowest BCUT2D eigenvalue weighted by Crippen LogP contribution is -2.56. The lowest BCUT2D eigenvalue weighted by atomic mass is 10.2. The Labute approximate surface area is 124 Å². The van der Waals surface area contributed by atoms with Crippen molar-refractivity contribution in [1.82, 2.24) is 4.90 Å². The number of hydrogen-bond acceptors (Lipinski definition) is 3. The molecule has 1 fully saturated rings. The second-order valence-corrected chi connectivity index (χ2v) is 7.75. The zero-order chi connectivity index (χ0) is 14.9. The molecule has 1 amide bonds. The molecule has 0 unspecified atom stereocenters. The van der Waals surface area contributed by atoms with E-state index in [2.05, 4.69) is 0 Å². The smallest absolute Gasteiger partial charge is 0.246 e. The molecule has 20 heavy (non-hydrogen) atoms. The molecule has 1 aliphatic rings. The van der Waals surface area contributed by atoms with Gasteiger partial charge in [0.05, 0.1) is 4.90 Å². The van der Waals surface area contributed by atoms with Gasteiger partial charge in [-0.05, 0) is 38.1 Å². The average molecular weight is 314 g/mol. The third-order valence-electron chi connectivity index (χ3n) is 3.15. The normalized spacial score (nSPS) is 15.7. The summed E-state index contributed by atoms with van der Waals surface area (Å²) in [5.41, 5.74) is 0.902. The quantitative estimate of drug-likeness (QED) is 0.805. The fraction of sp³-hybridized carbons (Fsp3) is 0.357. The van der Waals surface area contributed by atoms with Crippen LogP contribution < -0.4 is 0 Å². The van der Waals surface area contributed by atoms with Gasteiger partial charge in [0.1, 0.15) is 5.25 Å². The predicted octanol–water partition coefficient (Wildman–Crippen LogP) is 2.29. The molecule has 0 atom stereocenters. The molecule has 0 radical (unpaired) electrons. The molecule has 1 aromatic carbocycles. The Morgan fingerprint density at radius 2 is 1.80 bits per heavy atom. The molecule has 1 aromatic rings. The Bertz CT molecular complexity index is 640. The van der Waals surface area contributed by atoms with Gasteiger partial charge in [-0.2, -0.15) is 0 Å². The van der Waals surface area contributed by atoms with E-state index in [9.17, 15) is 13.2 Å². The first kappa shape index (κ1) is 15.1. The maximum atomic E-state index is 12.3. The summed E-state index contributed by atoms with van der Waals surface area (Å²) >= 11 is 5.75. The first-order chi connectivity index (χ1) is 9.30. The van der Waals surface area contributed by atoms with E-state index < -0.39 is 15.1 Å². The van der Waals surface area contributed by atoms with Crippen molar-refractivity contribution in [1.29, 1.82) is 0 Å². The van der Waals surface area contributed by atoms with E-state index in [0.29, 0.717) is 5.02 Å². The Kier molecular flexibility index (Phi) is 4.20. The van der Waals surface area contributed by atoms with Gasteiger partial charge in [-0.15, -0.1) is 0 Å². The Morgan fingerprint density at radius 1 is 1.25 bits per heavy atom. The highest BCUT2D eigenvalue weighted by molar-refractivity contribution is 7.92. The summed E-state index contributed by atoms with van der Waals surface area (Å²) in [5, 5.41) is -0.0314. The number of amides is 1. The van der Waals surface area contributed by atoms with Crippen molar-refractivity contribution < 1.29 is 13.2 Å². The molecule has 0 spiro atoms. The molecule has 2 rings (SSSR count). The van der Waals surface area contributed by atoms with Crippen molar-refractivity contribution in [2.24, 2.45) is 0 Å². The third kappa shape index (κ3) is 3.04. The summed E-state index contributed by atoms with van der Waals surface area (Å²) in [6.45, 7) is 4.15. The van der Waals surface area contributed by atoms with Crippen LogP contribution in [0, 0.1) is 0 Å². The van der Waals surface area contributed by atoms with E-state index in [1.165, 1.54) is 23.1 Å². The Hall–Kier alpha value is -1.33. The highest BCUT2D eigenvalue weighted by Crippen LogP contribution is 2.25. The van der Waals surface area contributed by atoms with Gasteiger partial charge in [0.25, 0.3) is 0 Å². The van der Waals surface area contributed by atoms with Gasteiger partial charge in [0.2, 0.25) is 5.91 Å². The topological polar surface area (TPSA) is 54.5 Å². The van der Waals surface area contributed by atoms with Gasteiger partial charge in [0, 0.05) is 24.2 Å². The monoisotopic (exact) mass is 313 g/mol. The summed E-state index contributed by atoms with van der Waals surface area (Å²) in [5.74, 6) is -0.132. The van der Waals surface area contributed by atoms with Gasteiger partial charge < -0.3 is 4.90 Å². The van der Waals surface area contributed by atoms with Crippen LogP contribution in [-0.2, 0) is 14.6 Å². The highest BCUT2D eigenvalue weighted by Gasteiger charge is 2.39. The summed E-state index contributed by atoms with van der Waals surface area (Å²) in [7, 11) is -3.39. The van der Waals surface area contributed by atoms with Crippen molar-refractivity contribution in [3.8, 4) is 0 Å². The summed E-state index contributed by atoms with van der Waals surface area (Å²) in [4.78, 5) is 13.5. The molecule has 1 heterocycles. The lowest BCUT2D eigenvalue weighted by molar-refractivity contribution is -0.129. The van der Waals surface area contributed by atoms with E-state index in [4.69, 9.17) is 11.6 Å². The predicted molar refractivity (Wildman–Crippen MR) is 78.4 cm³/mol. The zero-order valence-corrected chi connectivity index (χ0v) is 12.9. The van der Waals surface area contributed by atoms with Crippen LogP contribution in [0.2, 0.25) is 5.02 Å². The van der Waals surface area contributed by atoms with Crippen LogP contribution in [-0.4, -0.2) is 37.6 Å². The maximum Gasteiger partial charge on any atom is 0.246 e. The number of nitrogens with zero attached hydrogens (tertiary/aromatic N) is 1. The van der Waals surface area contributed by atoms with Crippen molar-refractivity contribution in [3.05, 3.63) is 40.9 Å². The molecule has 0 aromatic heterocycles. The van der Waals surface area contributed by atoms with Crippen molar-refractivity contribution in [2.75, 3.05) is 13.1 Å². The molecular formula is C14H16ClNO3S. The number of sulfone groups is 1. The van der Waals surface area contributed by atoms with E-state index in [1.807, 2.05) is 13.8 Å². The van der Waals surface area contributed by atoms with Crippen LogP contribution in [0.3, 0.4) is 0 Å². The van der Waals surface area contributed by atoms with Crippen LogP contribution in [0.5, 0.6) is 0 Å². The second kappa shape index (κ2) is 5.58. The van der Waals surface area contributed by atoms with Crippen LogP contribution >= 0.6 is 11.6 Å². The standard InChI is InChI=1S/C14H16ClNO3S/c1-10(2)7-14(17)16-8-13(9-16)20(18,19)12-5-3-11(15)4-6-12/h3-7,13H,8-9H2,1-2H3. The molecule has 0 aliphatic carbocycles. The number of hydrogen-bond donors (Lipinski definition) is 0. The summed E-state index contributed by atoms with van der Waals surface area (Å²) in [6, 6.07) is 6.11. The molecule has 4 nitrogen and oxygen atoms in total. The van der Waals surface area contributed by atoms with E-state index >= 15 is 0 Å². The molecule has 108 valence electrons. The van der Waals surface area contributed by atoms with Crippen molar-refractivity contribution >= 4 is 27.3 Å². The van der Waals surface area contributed by atoms with Crippen LogP contribution in [0.1, 0.15) is 13.8 Å². The number of carbonyl (C=O) groups is 1. The van der Waals surface area contributed by atoms with Gasteiger partial charge in [0.15, 0.2) is 9.84 Å². The Balaban J connectivity index is 2.07. The fourth-order valence-electron chi connectivity index (χ4n) is 1.97. The first-order valence-corrected chi connectivity index (χ1v) is 8.16. The molecular weight excluding hydrogens is 298 g/mol. The van der Waals surface area contributed by atoms with Gasteiger partial charge in [-0.25, -0.2) is 8.42 Å². The third-order valence-corrected chi connectivity index (χ3v) is 5.51. The molecule has 1 saturated heterocycles. The number of halogens is 1. The number of allylic oxidation sites excluding steroid dienone is 1. The minimum Gasteiger partial charge on any atom is -0.336 e. The molecule has 6 heteroatoms. The van der Waals surface area contributed by atoms with Crippen LogP contribution in [0.4, 0.5) is 0 Å². The lowest BCUT2D eigenvalue weighted by Gasteiger charge is -2.38. The second-order valence-electron chi connectivity index (χ2n) is 5.09. The van der Waals surface area contributed by atoms with Crippen LogP contribution in [0.15, 0.2) is 40.8 Å².